The number of nitro benzene ring substituents is 1. The first kappa shape index (κ1) is 22.4. The van der Waals surface area contributed by atoms with E-state index in [-0.39, 0.29) is 22.8 Å². The number of nitro groups is 1. The van der Waals surface area contributed by atoms with E-state index in [9.17, 15) is 28.1 Å². The maximum absolute atomic E-state index is 12.9. The van der Waals surface area contributed by atoms with Crippen LogP contribution in [0.1, 0.15) is 21.5 Å². The van der Waals surface area contributed by atoms with Crippen LogP contribution >= 0.6 is 0 Å². The average molecular weight is 460 g/mol. The lowest BCUT2D eigenvalue weighted by atomic mass is 10.1. The number of alkyl halides is 3. The molecule has 12 heteroatoms. The average Bonchev–Trinajstić information content (AvgIpc) is 3.33. The quantitative estimate of drug-likeness (QED) is 0.429. The number of benzene rings is 2. The summed E-state index contributed by atoms with van der Waals surface area (Å²) in [5.74, 6) is -0.345. The fourth-order valence-electron chi connectivity index (χ4n) is 3.72. The summed E-state index contributed by atoms with van der Waals surface area (Å²) in [5, 5.41) is 15.4. The Kier molecular flexibility index (Phi) is 6.09. The van der Waals surface area contributed by atoms with Crippen molar-refractivity contribution in [2.24, 2.45) is 0 Å². The molecule has 1 aliphatic rings. The summed E-state index contributed by atoms with van der Waals surface area (Å²) in [7, 11) is 0. The van der Waals surface area contributed by atoms with Crippen LogP contribution in [-0.4, -0.2) is 61.6 Å². The molecule has 1 amide bonds. The molecule has 1 aliphatic heterocycles. The Bertz CT molecular complexity index is 1160. The zero-order chi connectivity index (χ0) is 23.6. The Balaban J connectivity index is 1.42. The van der Waals surface area contributed by atoms with Crippen molar-refractivity contribution in [1.82, 2.24) is 24.6 Å². The number of carbonyl (C=O) groups excluding carboxylic acids is 1. The van der Waals surface area contributed by atoms with Gasteiger partial charge in [0.05, 0.1) is 10.5 Å². The van der Waals surface area contributed by atoms with Crippen molar-refractivity contribution in [2.75, 3.05) is 26.2 Å². The molecule has 2 heterocycles. The van der Waals surface area contributed by atoms with E-state index >= 15 is 0 Å². The van der Waals surface area contributed by atoms with Crippen molar-refractivity contribution in [2.45, 2.75) is 12.7 Å². The van der Waals surface area contributed by atoms with Crippen LogP contribution in [-0.2, 0) is 12.7 Å². The van der Waals surface area contributed by atoms with Crippen LogP contribution < -0.4 is 0 Å². The molecule has 0 aliphatic carbocycles. The lowest BCUT2D eigenvalue weighted by Gasteiger charge is -2.34. The summed E-state index contributed by atoms with van der Waals surface area (Å²) in [6, 6.07) is 9.36. The van der Waals surface area contributed by atoms with Crippen molar-refractivity contribution in [3.05, 3.63) is 81.9 Å². The number of hydrogen-bond acceptors (Lipinski definition) is 6. The Hall–Kier alpha value is -3.80. The third-order valence-electron chi connectivity index (χ3n) is 5.40. The summed E-state index contributed by atoms with van der Waals surface area (Å²) in [6.07, 6.45) is -1.82. The van der Waals surface area contributed by atoms with Crippen LogP contribution in [0.5, 0.6) is 0 Å². The molecule has 1 fully saturated rings. The zero-order valence-electron chi connectivity index (χ0n) is 17.3. The van der Waals surface area contributed by atoms with Gasteiger partial charge in [-0.05, 0) is 23.8 Å². The van der Waals surface area contributed by atoms with E-state index in [1.807, 2.05) is 4.90 Å². The van der Waals surface area contributed by atoms with E-state index in [0.29, 0.717) is 38.3 Å². The van der Waals surface area contributed by atoms with Gasteiger partial charge < -0.3 is 4.90 Å². The molecule has 2 aromatic carbocycles. The SMILES string of the molecule is O=C(c1ccc(-n2cncn2)c([N+](=O)[O-])c1)N1CCN(Cc2cccc(C(F)(F)F)c2)CC1. The third-order valence-corrected chi connectivity index (χ3v) is 5.40. The van der Waals surface area contributed by atoms with Gasteiger partial charge in [0, 0.05) is 44.4 Å². The van der Waals surface area contributed by atoms with Crippen LogP contribution in [0.3, 0.4) is 0 Å². The van der Waals surface area contributed by atoms with Crippen LogP contribution in [0, 0.1) is 10.1 Å². The first-order valence-corrected chi connectivity index (χ1v) is 10.0. The van der Waals surface area contributed by atoms with E-state index in [0.717, 1.165) is 12.1 Å². The van der Waals surface area contributed by atoms with Gasteiger partial charge in [-0.25, -0.2) is 9.67 Å². The van der Waals surface area contributed by atoms with E-state index in [1.165, 1.54) is 41.6 Å². The second-order valence-corrected chi connectivity index (χ2v) is 7.57. The number of aromatic nitrogens is 3. The predicted molar refractivity (Wildman–Crippen MR) is 111 cm³/mol. The molecular weight excluding hydrogens is 441 g/mol. The smallest absolute Gasteiger partial charge is 0.336 e. The molecule has 9 nitrogen and oxygen atoms in total. The monoisotopic (exact) mass is 460 g/mol. The van der Waals surface area contributed by atoms with Crippen LogP contribution in [0.4, 0.5) is 18.9 Å². The molecular formula is C21H19F3N6O3. The highest BCUT2D eigenvalue weighted by atomic mass is 19.4. The molecule has 4 rings (SSSR count). The molecule has 1 aromatic heterocycles. The van der Waals surface area contributed by atoms with Gasteiger partial charge in [-0.15, -0.1) is 0 Å². The highest BCUT2D eigenvalue weighted by Gasteiger charge is 2.31. The first-order chi connectivity index (χ1) is 15.7. The minimum absolute atomic E-state index is 0.178. The summed E-state index contributed by atoms with van der Waals surface area (Å²) in [5.41, 5.74) is -0.0416. The molecule has 0 saturated carbocycles. The molecule has 0 unspecified atom stereocenters. The van der Waals surface area contributed by atoms with Crippen molar-refractivity contribution >= 4 is 11.6 Å². The van der Waals surface area contributed by atoms with Gasteiger partial charge in [-0.3, -0.25) is 19.8 Å². The number of piperazine rings is 1. The number of halogens is 3. The van der Waals surface area contributed by atoms with Gasteiger partial charge in [0.25, 0.3) is 11.6 Å². The number of nitrogens with zero attached hydrogens (tertiary/aromatic N) is 6. The fraction of sp³-hybridized carbons (Fsp3) is 0.286. The molecule has 172 valence electrons. The van der Waals surface area contributed by atoms with Crippen LogP contribution in [0.2, 0.25) is 0 Å². The van der Waals surface area contributed by atoms with Crippen molar-refractivity contribution in [3.8, 4) is 5.69 Å². The minimum Gasteiger partial charge on any atom is -0.336 e. The summed E-state index contributed by atoms with van der Waals surface area (Å²) < 4.78 is 40.0. The van der Waals surface area contributed by atoms with Gasteiger partial charge in [0.15, 0.2) is 0 Å². The number of carbonyl (C=O) groups is 1. The van der Waals surface area contributed by atoms with Crippen LogP contribution in [0.25, 0.3) is 5.69 Å². The summed E-state index contributed by atoms with van der Waals surface area (Å²) in [6.45, 7) is 2.00. The fourth-order valence-corrected chi connectivity index (χ4v) is 3.72. The highest BCUT2D eigenvalue weighted by molar-refractivity contribution is 5.95. The second kappa shape index (κ2) is 8.98. The Morgan fingerprint density at radius 2 is 1.85 bits per heavy atom. The molecule has 0 bridgehead atoms. The van der Waals surface area contributed by atoms with E-state index in [1.54, 1.807) is 11.0 Å². The molecule has 0 spiro atoms. The lowest BCUT2D eigenvalue weighted by Crippen LogP contribution is -2.48. The normalized spacial score (nSPS) is 14.9. The van der Waals surface area contributed by atoms with Gasteiger partial charge in [-0.1, -0.05) is 18.2 Å². The molecule has 1 saturated heterocycles. The molecule has 3 aromatic rings. The molecule has 0 atom stereocenters. The molecule has 0 radical (unpaired) electrons. The van der Waals surface area contributed by atoms with Gasteiger partial charge >= 0.3 is 6.18 Å². The predicted octanol–water partition coefficient (Wildman–Crippen LogP) is 3.15. The van der Waals surface area contributed by atoms with Crippen molar-refractivity contribution in [3.63, 3.8) is 0 Å². The van der Waals surface area contributed by atoms with Gasteiger partial charge in [0.1, 0.15) is 18.3 Å². The number of amides is 1. The third kappa shape index (κ3) is 5.00. The maximum atomic E-state index is 12.9. The van der Waals surface area contributed by atoms with E-state index in [2.05, 4.69) is 10.1 Å². The molecule has 0 N–H and O–H groups in total. The standard InChI is InChI=1S/C21H19F3N6O3/c22-21(23,24)17-3-1-2-15(10-17)12-27-6-8-28(9-7-27)20(31)16-4-5-18(19(11-16)30(32)33)29-14-25-13-26-29/h1-5,10-11,13-14H,6-9,12H2. The Morgan fingerprint density at radius 3 is 2.48 bits per heavy atom. The maximum Gasteiger partial charge on any atom is 0.416 e. The van der Waals surface area contributed by atoms with Gasteiger partial charge in [0.2, 0.25) is 0 Å². The summed E-state index contributed by atoms with van der Waals surface area (Å²) in [4.78, 5) is 31.2. The largest absolute Gasteiger partial charge is 0.416 e. The van der Waals surface area contributed by atoms with Gasteiger partial charge in [-0.2, -0.15) is 18.3 Å². The number of hydrogen-bond donors (Lipinski definition) is 0. The minimum atomic E-state index is -4.40. The second-order valence-electron chi connectivity index (χ2n) is 7.57. The van der Waals surface area contributed by atoms with E-state index < -0.39 is 16.7 Å². The highest BCUT2D eigenvalue weighted by Crippen LogP contribution is 2.30. The first-order valence-electron chi connectivity index (χ1n) is 10.0. The van der Waals surface area contributed by atoms with Crippen LogP contribution in [0.15, 0.2) is 55.1 Å². The Morgan fingerprint density at radius 1 is 1.09 bits per heavy atom. The van der Waals surface area contributed by atoms with Crippen molar-refractivity contribution < 1.29 is 22.9 Å². The lowest BCUT2D eigenvalue weighted by molar-refractivity contribution is -0.384. The number of rotatable bonds is 5. The Labute approximate surface area is 186 Å². The topological polar surface area (TPSA) is 97.4 Å². The summed E-state index contributed by atoms with van der Waals surface area (Å²) >= 11 is 0. The molecule has 33 heavy (non-hydrogen) atoms. The van der Waals surface area contributed by atoms with E-state index in [4.69, 9.17) is 0 Å². The zero-order valence-corrected chi connectivity index (χ0v) is 17.3. The van der Waals surface area contributed by atoms with Crippen molar-refractivity contribution in [1.29, 1.82) is 0 Å².